The normalized spacial score (nSPS) is 11.3. The average Bonchev–Trinajstić information content (AvgIpc) is 2.92. The number of para-hydroxylation sites is 2. The van der Waals surface area contributed by atoms with Crippen LogP contribution in [0.4, 0.5) is 0 Å². The predicted octanol–water partition coefficient (Wildman–Crippen LogP) is 4.31. The Morgan fingerprint density at radius 3 is 2.81 bits per heavy atom. The maximum Gasteiger partial charge on any atom is 0.129 e. The number of alkyl halides is 1. The fourth-order valence-corrected chi connectivity index (χ4v) is 2.91. The number of halogens is 1. The van der Waals surface area contributed by atoms with Crippen molar-refractivity contribution in [2.24, 2.45) is 0 Å². The highest BCUT2D eigenvalue weighted by Crippen LogP contribution is 2.27. The van der Waals surface area contributed by atoms with Crippen molar-refractivity contribution >= 4 is 33.4 Å². The van der Waals surface area contributed by atoms with E-state index in [-0.39, 0.29) is 0 Å². The number of hydrogen-bond acceptors (Lipinski definition) is 2. The number of benzene rings is 2. The summed E-state index contributed by atoms with van der Waals surface area (Å²) in [5, 5.41) is 2.25. The van der Waals surface area contributed by atoms with Gasteiger partial charge in [-0.15, -0.1) is 11.6 Å². The van der Waals surface area contributed by atoms with Gasteiger partial charge in [0, 0.05) is 17.8 Å². The van der Waals surface area contributed by atoms with Crippen LogP contribution in [-0.2, 0) is 5.88 Å². The molecule has 0 unspecified atom stereocenters. The zero-order valence-corrected chi connectivity index (χ0v) is 12.0. The van der Waals surface area contributed by atoms with Gasteiger partial charge in [-0.25, -0.2) is 4.98 Å². The van der Waals surface area contributed by atoms with Crippen molar-refractivity contribution in [3.8, 4) is 5.69 Å². The molecule has 0 aliphatic heterocycles. The minimum absolute atomic E-state index is 0.366. The van der Waals surface area contributed by atoms with Gasteiger partial charge in [-0.1, -0.05) is 24.3 Å². The average molecular weight is 294 g/mol. The van der Waals surface area contributed by atoms with Crippen LogP contribution in [0.3, 0.4) is 0 Å². The Kier molecular flexibility index (Phi) is 2.86. The summed E-state index contributed by atoms with van der Waals surface area (Å²) in [6.07, 6.45) is 3.69. The largest absolute Gasteiger partial charge is 0.295 e. The lowest BCUT2D eigenvalue weighted by atomic mass is 10.1. The van der Waals surface area contributed by atoms with Gasteiger partial charge in [0.2, 0.25) is 0 Å². The lowest BCUT2D eigenvalue weighted by Gasteiger charge is -2.11. The molecule has 0 amide bonds. The molecule has 3 nitrogen and oxygen atoms in total. The van der Waals surface area contributed by atoms with Gasteiger partial charge in [0.1, 0.15) is 5.82 Å². The Morgan fingerprint density at radius 1 is 1.00 bits per heavy atom. The second-order valence-corrected chi connectivity index (χ2v) is 5.13. The summed E-state index contributed by atoms with van der Waals surface area (Å²) in [5.74, 6) is 1.21. The highest BCUT2D eigenvalue weighted by atomic mass is 35.5. The SMILES string of the molecule is ClCc1nc2ccccc2n1-c1cccc2ccncc12. The highest BCUT2D eigenvalue weighted by molar-refractivity contribution is 6.17. The minimum atomic E-state index is 0.366. The van der Waals surface area contributed by atoms with E-state index in [1.165, 1.54) is 0 Å². The summed E-state index contributed by atoms with van der Waals surface area (Å²) in [6.45, 7) is 0. The Morgan fingerprint density at radius 2 is 1.90 bits per heavy atom. The number of aromatic nitrogens is 3. The minimum Gasteiger partial charge on any atom is -0.295 e. The molecule has 0 N–H and O–H groups in total. The van der Waals surface area contributed by atoms with E-state index < -0.39 is 0 Å². The fourth-order valence-electron chi connectivity index (χ4n) is 2.73. The summed E-state index contributed by atoms with van der Waals surface area (Å²) < 4.78 is 2.12. The smallest absolute Gasteiger partial charge is 0.129 e. The van der Waals surface area contributed by atoms with Crippen molar-refractivity contribution in [3.05, 3.63) is 66.7 Å². The van der Waals surface area contributed by atoms with Crippen LogP contribution in [0.5, 0.6) is 0 Å². The molecule has 4 heteroatoms. The number of nitrogens with zero attached hydrogens (tertiary/aromatic N) is 3. The van der Waals surface area contributed by atoms with Crippen LogP contribution in [0.25, 0.3) is 27.5 Å². The topological polar surface area (TPSA) is 30.7 Å². The van der Waals surface area contributed by atoms with Crippen molar-refractivity contribution < 1.29 is 0 Å². The van der Waals surface area contributed by atoms with Crippen LogP contribution >= 0.6 is 11.6 Å². The van der Waals surface area contributed by atoms with Gasteiger partial charge in [-0.05, 0) is 29.7 Å². The lowest BCUT2D eigenvalue weighted by molar-refractivity contribution is 0.988. The molecule has 0 saturated carbocycles. The van der Waals surface area contributed by atoms with Crippen molar-refractivity contribution in [2.45, 2.75) is 5.88 Å². The first-order valence-corrected chi connectivity index (χ1v) is 7.27. The molecular weight excluding hydrogens is 282 g/mol. The van der Waals surface area contributed by atoms with Gasteiger partial charge in [0.15, 0.2) is 0 Å². The molecule has 0 aliphatic carbocycles. The molecule has 0 bridgehead atoms. The molecule has 2 aromatic heterocycles. The first-order valence-electron chi connectivity index (χ1n) is 6.74. The fraction of sp³-hybridized carbons (Fsp3) is 0.0588. The number of fused-ring (bicyclic) bond motifs is 2. The van der Waals surface area contributed by atoms with Crippen LogP contribution in [0.2, 0.25) is 0 Å². The van der Waals surface area contributed by atoms with Crippen LogP contribution in [0.15, 0.2) is 60.9 Å². The molecular formula is C17H12ClN3. The molecule has 0 radical (unpaired) electrons. The van der Waals surface area contributed by atoms with Crippen molar-refractivity contribution in [1.82, 2.24) is 14.5 Å². The van der Waals surface area contributed by atoms with E-state index in [1.54, 1.807) is 6.20 Å². The predicted molar refractivity (Wildman–Crippen MR) is 85.9 cm³/mol. The summed E-state index contributed by atoms with van der Waals surface area (Å²) in [4.78, 5) is 8.88. The lowest BCUT2D eigenvalue weighted by Crippen LogP contribution is -2.00. The number of rotatable bonds is 2. The molecule has 0 atom stereocenters. The first kappa shape index (κ1) is 12.4. The van der Waals surface area contributed by atoms with Gasteiger partial charge >= 0.3 is 0 Å². The molecule has 2 aromatic carbocycles. The number of pyridine rings is 1. The molecule has 2 heterocycles. The first-order chi connectivity index (χ1) is 10.4. The molecule has 0 aliphatic rings. The Labute approximate surface area is 126 Å². The van der Waals surface area contributed by atoms with Crippen molar-refractivity contribution in [1.29, 1.82) is 0 Å². The molecule has 4 aromatic rings. The van der Waals surface area contributed by atoms with Crippen LogP contribution in [0.1, 0.15) is 5.82 Å². The van der Waals surface area contributed by atoms with E-state index in [9.17, 15) is 0 Å². The van der Waals surface area contributed by atoms with Gasteiger partial charge in [-0.3, -0.25) is 9.55 Å². The van der Waals surface area contributed by atoms with E-state index in [1.807, 2.05) is 36.5 Å². The maximum atomic E-state index is 6.11. The molecule has 21 heavy (non-hydrogen) atoms. The summed E-state index contributed by atoms with van der Waals surface area (Å²) in [6, 6.07) is 16.3. The Bertz CT molecular complexity index is 938. The standard InChI is InChI=1S/C17H12ClN3/c18-10-17-20-14-5-1-2-6-16(14)21(17)15-7-3-4-12-8-9-19-11-13(12)15/h1-9,11H,10H2. The number of hydrogen-bond donors (Lipinski definition) is 0. The second kappa shape index (κ2) is 4.86. The zero-order valence-electron chi connectivity index (χ0n) is 11.2. The van der Waals surface area contributed by atoms with E-state index in [4.69, 9.17) is 11.6 Å². The third-order valence-electron chi connectivity index (χ3n) is 3.65. The van der Waals surface area contributed by atoms with Crippen molar-refractivity contribution in [3.63, 3.8) is 0 Å². The summed E-state index contributed by atoms with van der Waals surface area (Å²) >= 11 is 6.11. The zero-order chi connectivity index (χ0) is 14.2. The maximum absolute atomic E-state index is 6.11. The molecule has 0 fully saturated rings. The molecule has 4 rings (SSSR count). The van der Waals surface area contributed by atoms with Crippen LogP contribution in [0, 0.1) is 0 Å². The highest BCUT2D eigenvalue weighted by Gasteiger charge is 2.13. The van der Waals surface area contributed by atoms with Gasteiger partial charge in [0.05, 0.1) is 22.6 Å². The van der Waals surface area contributed by atoms with E-state index in [2.05, 4.69) is 32.7 Å². The van der Waals surface area contributed by atoms with Gasteiger partial charge in [-0.2, -0.15) is 0 Å². The van der Waals surface area contributed by atoms with E-state index in [0.717, 1.165) is 33.3 Å². The van der Waals surface area contributed by atoms with E-state index in [0.29, 0.717) is 5.88 Å². The van der Waals surface area contributed by atoms with Crippen LogP contribution < -0.4 is 0 Å². The van der Waals surface area contributed by atoms with Crippen LogP contribution in [-0.4, -0.2) is 14.5 Å². The summed E-state index contributed by atoms with van der Waals surface area (Å²) in [5.41, 5.74) is 3.07. The van der Waals surface area contributed by atoms with Crippen molar-refractivity contribution in [2.75, 3.05) is 0 Å². The monoisotopic (exact) mass is 293 g/mol. The quantitative estimate of drug-likeness (QED) is 0.516. The second-order valence-electron chi connectivity index (χ2n) is 4.86. The number of imidazole rings is 1. The van der Waals surface area contributed by atoms with Gasteiger partial charge < -0.3 is 0 Å². The molecule has 0 spiro atoms. The third kappa shape index (κ3) is 1.89. The Hall–Kier alpha value is -2.39. The molecule has 0 saturated heterocycles. The Balaban J connectivity index is 2.13. The van der Waals surface area contributed by atoms with Gasteiger partial charge in [0.25, 0.3) is 0 Å². The summed E-state index contributed by atoms with van der Waals surface area (Å²) in [7, 11) is 0. The van der Waals surface area contributed by atoms with E-state index >= 15 is 0 Å². The third-order valence-corrected chi connectivity index (χ3v) is 3.89. The molecule has 102 valence electrons.